The topological polar surface area (TPSA) is 49.4 Å². The minimum atomic E-state index is -0.161. The second-order valence-electron chi connectivity index (χ2n) is 6.04. The number of nitrogens with one attached hydrogen (secondary N) is 1. The van der Waals surface area contributed by atoms with E-state index in [1.54, 1.807) is 0 Å². The molecule has 0 saturated carbocycles. The van der Waals surface area contributed by atoms with E-state index in [-0.39, 0.29) is 23.7 Å². The van der Waals surface area contributed by atoms with Crippen LogP contribution in [0.15, 0.2) is 30.4 Å². The minimum absolute atomic E-state index is 0.0369. The van der Waals surface area contributed by atoms with Crippen LogP contribution in [-0.2, 0) is 16.0 Å². The summed E-state index contributed by atoms with van der Waals surface area (Å²) in [5.74, 6) is -0.395. The smallest absolute Gasteiger partial charge is 0.238 e. The van der Waals surface area contributed by atoms with E-state index in [1.165, 1.54) is 10.5 Å². The van der Waals surface area contributed by atoms with Gasteiger partial charge in [0.15, 0.2) is 0 Å². The largest absolute Gasteiger partial charge is 0.385 e. The van der Waals surface area contributed by atoms with Crippen molar-refractivity contribution in [2.24, 2.45) is 11.8 Å². The summed E-state index contributed by atoms with van der Waals surface area (Å²) in [6.07, 6.45) is 7.60. The molecule has 0 unspecified atom stereocenters. The molecule has 2 amide bonds. The highest BCUT2D eigenvalue weighted by atomic mass is 16.2. The highest BCUT2D eigenvalue weighted by Crippen LogP contribution is 2.39. The van der Waals surface area contributed by atoms with Gasteiger partial charge in [-0.25, -0.2) is 4.90 Å². The zero-order valence-corrected chi connectivity index (χ0v) is 11.8. The van der Waals surface area contributed by atoms with Gasteiger partial charge < -0.3 is 5.32 Å². The summed E-state index contributed by atoms with van der Waals surface area (Å²) >= 11 is 0. The van der Waals surface area contributed by atoms with Crippen molar-refractivity contribution >= 4 is 23.2 Å². The van der Waals surface area contributed by atoms with Crippen LogP contribution in [-0.4, -0.2) is 18.4 Å². The van der Waals surface area contributed by atoms with E-state index in [9.17, 15) is 9.59 Å². The lowest BCUT2D eigenvalue weighted by Gasteiger charge is -2.21. The number of hydrogen-bond donors (Lipinski definition) is 1. The van der Waals surface area contributed by atoms with E-state index < -0.39 is 0 Å². The normalized spacial score (nSPS) is 27.3. The molecule has 1 aromatic rings. The molecule has 0 radical (unpaired) electrons. The highest BCUT2D eigenvalue weighted by molar-refractivity contribution is 6.22. The van der Waals surface area contributed by atoms with Crippen molar-refractivity contribution in [2.45, 2.75) is 25.7 Å². The van der Waals surface area contributed by atoms with Gasteiger partial charge in [-0.05, 0) is 43.4 Å². The molecule has 1 N–H and O–H groups in total. The summed E-state index contributed by atoms with van der Waals surface area (Å²) in [6, 6.07) is 5.90. The van der Waals surface area contributed by atoms with E-state index in [0.717, 1.165) is 25.1 Å². The Bertz CT molecular complexity index is 624. The number of fused-ring (bicyclic) bond motifs is 2. The van der Waals surface area contributed by atoms with Gasteiger partial charge in [-0.3, -0.25) is 9.59 Å². The third-order valence-electron chi connectivity index (χ3n) is 4.80. The van der Waals surface area contributed by atoms with Crippen molar-refractivity contribution in [3.05, 3.63) is 35.9 Å². The van der Waals surface area contributed by atoms with Crippen LogP contribution in [0.1, 0.15) is 24.8 Å². The summed E-state index contributed by atoms with van der Waals surface area (Å²) in [6.45, 7) is 0.952. The molecule has 1 aliphatic carbocycles. The van der Waals surface area contributed by atoms with Crippen LogP contribution in [0.2, 0.25) is 0 Å². The Morgan fingerprint density at radius 3 is 2.48 bits per heavy atom. The first-order valence-electron chi connectivity index (χ1n) is 7.65. The lowest BCUT2D eigenvalue weighted by Crippen LogP contribution is -2.31. The lowest BCUT2D eigenvalue weighted by atomic mass is 9.85. The molecule has 0 spiro atoms. The number of amides is 2. The average molecular weight is 282 g/mol. The maximum Gasteiger partial charge on any atom is 0.238 e. The molecular formula is C17H18N2O2. The number of carbonyl (C=O) groups is 2. The number of allylic oxidation sites excluding steroid dienone is 2. The molecule has 1 saturated heterocycles. The Kier molecular flexibility index (Phi) is 2.84. The third kappa shape index (κ3) is 1.89. The molecule has 3 aliphatic rings. The van der Waals surface area contributed by atoms with Crippen LogP contribution < -0.4 is 10.2 Å². The van der Waals surface area contributed by atoms with Gasteiger partial charge in [-0.2, -0.15) is 0 Å². The summed E-state index contributed by atoms with van der Waals surface area (Å²) < 4.78 is 0. The fourth-order valence-corrected chi connectivity index (χ4v) is 3.64. The monoisotopic (exact) mass is 282 g/mol. The Hall–Kier alpha value is -2.10. The lowest BCUT2D eigenvalue weighted by molar-refractivity contribution is -0.122. The Labute approximate surface area is 123 Å². The van der Waals surface area contributed by atoms with E-state index in [1.807, 2.05) is 30.4 Å². The first-order chi connectivity index (χ1) is 10.3. The molecule has 2 heterocycles. The van der Waals surface area contributed by atoms with Crippen LogP contribution in [0.5, 0.6) is 0 Å². The molecule has 108 valence electrons. The van der Waals surface area contributed by atoms with E-state index >= 15 is 0 Å². The van der Waals surface area contributed by atoms with Gasteiger partial charge in [0.2, 0.25) is 11.8 Å². The third-order valence-corrected chi connectivity index (χ3v) is 4.80. The van der Waals surface area contributed by atoms with Crippen LogP contribution in [0, 0.1) is 11.8 Å². The second-order valence-corrected chi connectivity index (χ2v) is 6.04. The molecule has 4 nitrogen and oxygen atoms in total. The first kappa shape index (κ1) is 12.6. The molecule has 21 heavy (non-hydrogen) atoms. The molecule has 0 bridgehead atoms. The zero-order valence-electron chi connectivity index (χ0n) is 11.8. The molecule has 1 aromatic carbocycles. The molecule has 2 aliphatic heterocycles. The van der Waals surface area contributed by atoms with Gasteiger partial charge in [0.1, 0.15) is 0 Å². The summed E-state index contributed by atoms with van der Waals surface area (Å²) in [7, 11) is 0. The Balaban J connectivity index is 1.70. The Morgan fingerprint density at radius 1 is 1.05 bits per heavy atom. The van der Waals surface area contributed by atoms with Gasteiger partial charge in [-0.15, -0.1) is 0 Å². The predicted octanol–water partition coefficient (Wildman–Crippen LogP) is 2.50. The van der Waals surface area contributed by atoms with Crippen LogP contribution in [0.25, 0.3) is 0 Å². The first-order valence-corrected chi connectivity index (χ1v) is 7.65. The fraction of sp³-hybridized carbons (Fsp3) is 0.412. The van der Waals surface area contributed by atoms with Crippen LogP contribution in [0.3, 0.4) is 0 Å². The molecule has 1 fully saturated rings. The number of nitrogens with zero attached hydrogens (tertiary/aromatic N) is 1. The van der Waals surface area contributed by atoms with Crippen molar-refractivity contribution < 1.29 is 9.59 Å². The van der Waals surface area contributed by atoms with Gasteiger partial charge in [-0.1, -0.05) is 18.2 Å². The van der Waals surface area contributed by atoms with Crippen LogP contribution in [0.4, 0.5) is 11.4 Å². The number of imide groups is 1. The number of hydrogen-bond acceptors (Lipinski definition) is 3. The maximum atomic E-state index is 12.6. The fourth-order valence-electron chi connectivity index (χ4n) is 3.64. The molecular weight excluding hydrogens is 264 g/mol. The van der Waals surface area contributed by atoms with Crippen molar-refractivity contribution in [3.63, 3.8) is 0 Å². The van der Waals surface area contributed by atoms with E-state index in [4.69, 9.17) is 0 Å². The van der Waals surface area contributed by atoms with Gasteiger partial charge in [0, 0.05) is 12.2 Å². The number of benzene rings is 1. The van der Waals surface area contributed by atoms with Crippen LogP contribution >= 0.6 is 0 Å². The van der Waals surface area contributed by atoms with Crippen molar-refractivity contribution in [2.75, 3.05) is 16.8 Å². The van der Waals surface area contributed by atoms with E-state index in [2.05, 4.69) is 5.32 Å². The molecule has 0 aromatic heterocycles. The molecule has 4 rings (SSSR count). The minimum Gasteiger partial charge on any atom is -0.385 e. The second kappa shape index (κ2) is 4.72. The number of rotatable bonds is 1. The van der Waals surface area contributed by atoms with Crippen molar-refractivity contribution in [1.29, 1.82) is 0 Å². The molecule has 2 atom stereocenters. The summed E-state index contributed by atoms with van der Waals surface area (Å²) in [4.78, 5) is 26.5. The zero-order chi connectivity index (χ0) is 14.4. The summed E-state index contributed by atoms with van der Waals surface area (Å²) in [5, 5.41) is 3.36. The predicted molar refractivity (Wildman–Crippen MR) is 81.1 cm³/mol. The Morgan fingerprint density at radius 2 is 1.76 bits per heavy atom. The quantitative estimate of drug-likeness (QED) is 0.636. The van der Waals surface area contributed by atoms with Crippen molar-refractivity contribution in [1.82, 2.24) is 0 Å². The maximum absolute atomic E-state index is 12.6. The van der Waals surface area contributed by atoms with Gasteiger partial charge in [0.25, 0.3) is 0 Å². The highest BCUT2D eigenvalue weighted by Gasteiger charge is 2.47. The van der Waals surface area contributed by atoms with E-state index in [0.29, 0.717) is 18.5 Å². The summed E-state index contributed by atoms with van der Waals surface area (Å²) in [5.41, 5.74) is 3.04. The number of carbonyl (C=O) groups excluding carboxylic acids is 2. The van der Waals surface area contributed by atoms with Gasteiger partial charge in [0.05, 0.1) is 17.5 Å². The number of aryl methyl sites for hydroxylation is 1. The average Bonchev–Trinajstić information content (AvgIpc) is 2.79. The number of anilines is 2. The SMILES string of the molecule is O=C1[C@H]2CC=CC[C@H]2C(=O)N1c1ccc2c(c1)NCCC2. The molecule has 4 heteroatoms. The standard InChI is InChI=1S/C17H18N2O2/c20-16-13-5-1-2-6-14(13)17(21)19(16)12-8-7-11-4-3-9-18-15(11)10-12/h1-2,7-8,10,13-14,18H,3-6,9H2/t13-,14+. The van der Waals surface area contributed by atoms with Gasteiger partial charge >= 0.3 is 0 Å². The van der Waals surface area contributed by atoms with Crippen molar-refractivity contribution in [3.8, 4) is 0 Å².